The molecule has 0 saturated carbocycles. The summed E-state index contributed by atoms with van der Waals surface area (Å²) >= 11 is 0.720. The van der Waals surface area contributed by atoms with Gasteiger partial charge in [0.15, 0.2) is 18.1 Å². The molecule has 0 radical (unpaired) electrons. The lowest BCUT2D eigenvalue weighted by Gasteiger charge is -2.13. The highest BCUT2D eigenvalue weighted by atomic mass is 32.2. The molecule has 0 bridgehead atoms. The van der Waals surface area contributed by atoms with Crippen molar-refractivity contribution in [2.24, 2.45) is 0 Å². The van der Waals surface area contributed by atoms with Crippen molar-refractivity contribution in [2.45, 2.75) is 0 Å². The number of thioether (sulfide) groups is 1. The molecule has 0 aliphatic carbocycles. The Kier molecular flexibility index (Phi) is 8.14. The zero-order chi connectivity index (χ0) is 24.7. The van der Waals surface area contributed by atoms with Crippen LogP contribution < -0.4 is 19.5 Å². The molecule has 11 heteroatoms. The second-order valence-corrected chi connectivity index (χ2v) is 7.78. The molecule has 0 atom stereocenters. The average Bonchev–Trinajstić information content (AvgIpc) is 3.10. The number of carbonyl (C=O) groups is 4. The van der Waals surface area contributed by atoms with Gasteiger partial charge in [-0.25, -0.2) is 0 Å². The summed E-state index contributed by atoms with van der Waals surface area (Å²) in [7, 11) is 4.12. The van der Waals surface area contributed by atoms with Crippen LogP contribution in [0.1, 0.15) is 5.56 Å². The molecule has 3 rings (SSSR count). The van der Waals surface area contributed by atoms with Gasteiger partial charge in [0, 0.05) is 0 Å². The number of imide groups is 1. The van der Waals surface area contributed by atoms with E-state index in [2.05, 4.69) is 10.1 Å². The lowest BCUT2D eigenvalue weighted by molar-refractivity contribution is -0.143. The average molecular weight is 487 g/mol. The molecule has 178 valence electrons. The van der Waals surface area contributed by atoms with Crippen molar-refractivity contribution in [3.8, 4) is 17.2 Å². The van der Waals surface area contributed by atoms with Crippen molar-refractivity contribution in [1.82, 2.24) is 4.90 Å². The maximum atomic E-state index is 12.5. The number of esters is 1. The molecule has 0 aromatic heterocycles. The van der Waals surface area contributed by atoms with E-state index < -0.39 is 29.6 Å². The number of anilines is 1. The molecule has 34 heavy (non-hydrogen) atoms. The van der Waals surface area contributed by atoms with Gasteiger partial charge in [0.25, 0.3) is 17.1 Å². The molecule has 2 aromatic carbocycles. The maximum absolute atomic E-state index is 12.5. The minimum absolute atomic E-state index is 0.154. The SMILES string of the molecule is COC(=O)CN1C(=O)S/C(=C\c2ccc(OCC(=O)Nc3ccccc3OC)c(OC)c2)C1=O. The Hall–Kier alpha value is -3.99. The zero-order valence-electron chi connectivity index (χ0n) is 18.7. The maximum Gasteiger partial charge on any atom is 0.325 e. The summed E-state index contributed by atoms with van der Waals surface area (Å²) in [6.07, 6.45) is 1.50. The minimum atomic E-state index is -0.693. The first-order chi connectivity index (χ1) is 16.4. The Morgan fingerprint density at radius 3 is 2.44 bits per heavy atom. The van der Waals surface area contributed by atoms with Gasteiger partial charge in [-0.1, -0.05) is 18.2 Å². The highest BCUT2D eigenvalue weighted by Gasteiger charge is 2.36. The number of nitrogens with zero attached hydrogens (tertiary/aromatic N) is 1. The number of amides is 3. The number of hydrogen-bond acceptors (Lipinski definition) is 9. The van der Waals surface area contributed by atoms with Gasteiger partial charge in [0.05, 0.1) is 31.9 Å². The van der Waals surface area contributed by atoms with Crippen LogP contribution in [0, 0.1) is 0 Å². The van der Waals surface area contributed by atoms with Gasteiger partial charge in [0.2, 0.25) is 0 Å². The summed E-state index contributed by atoms with van der Waals surface area (Å²) in [6, 6.07) is 11.8. The molecule has 1 fully saturated rings. The van der Waals surface area contributed by atoms with Crippen LogP contribution in [0.3, 0.4) is 0 Å². The lowest BCUT2D eigenvalue weighted by Crippen LogP contribution is -2.34. The normalized spacial score (nSPS) is 14.2. The summed E-state index contributed by atoms with van der Waals surface area (Å²) in [4.78, 5) is 49.2. The smallest absolute Gasteiger partial charge is 0.325 e. The Bertz CT molecular complexity index is 1150. The standard InChI is InChI=1S/C23H22N2O8S/c1-30-16-7-5-4-6-15(16)24-20(26)13-33-17-9-8-14(10-18(17)31-2)11-19-22(28)25(23(29)34-19)12-21(27)32-3/h4-11H,12-13H2,1-3H3,(H,24,26)/b19-11-. The zero-order valence-corrected chi connectivity index (χ0v) is 19.5. The molecule has 1 aliphatic heterocycles. The van der Waals surface area contributed by atoms with Crippen LogP contribution in [0.25, 0.3) is 6.08 Å². The molecule has 1 saturated heterocycles. The number of benzene rings is 2. The topological polar surface area (TPSA) is 120 Å². The van der Waals surface area contributed by atoms with Crippen molar-refractivity contribution in [2.75, 3.05) is 39.8 Å². The van der Waals surface area contributed by atoms with Gasteiger partial charge in [-0.15, -0.1) is 0 Å². The molecule has 1 aliphatic rings. The predicted molar refractivity (Wildman–Crippen MR) is 125 cm³/mol. The van der Waals surface area contributed by atoms with Gasteiger partial charge in [0.1, 0.15) is 12.3 Å². The summed E-state index contributed by atoms with van der Waals surface area (Å²) in [5.74, 6) is -0.515. The second kappa shape index (κ2) is 11.2. The van der Waals surface area contributed by atoms with Crippen LogP contribution in [0.4, 0.5) is 10.5 Å². The minimum Gasteiger partial charge on any atom is -0.495 e. The molecule has 0 spiro atoms. The molecule has 2 aromatic rings. The van der Waals surface area contributed by atoms with Crippen molar-refractivity contribution >= 4 is 46.5 Å². The third-order valence-corrected chi connectivity index (χ3v) is 5.52. The first-order valence-corrected chi connectivity index (χ1v) is 10.7. The first-order valence-electron chi connectivity index (χ1n) is 9.92. The molecule has 1 heterocycles. The molecule has 1 N–H and O–H groups in total. The van der Waals surface area contributed by atoms with Gasteiger partial charge in [-0.05, 0) is 47.7 Å². The van der Waals surface area contributed by atoms with E-state index in [1.54, 1.807) is 42.5 Å². The lowest BCUT2D eigenvalue weighted by atomic mass is 10.2. The van der Waals surface area contributed by atoms with Gasteiger partial charge < -0.3 is 24.3 Å². The summed E-state index contributed by atoms with van der Waals surface area (Å²) in [5, 5.41) is 2.15. The number of carbonyl (C=O) groups excluding carboxylic acids is 4. The van der Waals surface area contributed by atoms with Crippen LogP contribution in [-0.2, 0) is 19.1 Å². The van der Waals surface area contributed by atoms with Crippen LogP contribution in [0.5, 0.6) is 17.2 Å². The van der Waals surface area contributed by atoms with E-state index in [9.17, 15) is 19.2 Å². The van der Waals surface area contributed by atoms with Crippen LogP contribution in [0.2, 0.25) is 0 Å². The van der Waals surface area contributed by atoms with Gasteiger partial charge >= 0.3 is 5.97 Å². The van der Waals surface area contributed by atoms with E-state index in [0.29, 0.717) is 28.5 Å². The molecular weight excluding hydrogens is 464 g/mol. The Labute approximate surface area is 199 Å². The van der Waals surface area contributed by atoms with E-state index in [1.165, 1.54) is 27.4 Å². The van der Waals surface area contributed by atoms with Crippen molar-refractivity contribution in [3.63, 3.8) is 0 Å². The van der Waals surface area contributed by atoms with E-state index in [4.69, 9.17) is 14.2 Å². The Morgan fingerprint density at radius 1 is 1.00 bits per heavy atom. The number of rotatable bonds is 9. The van der Waals surface area contributed by atoms with Crippen LogP contribution in [0.15, 0.2) is 47.4 Å². The van der Waals surface area contributed by atoms with Crippen molar-refractivity contribution in [1.29, 1.82) is 0 Å². The van der Waals surface area contributed by atoms with Crippen LogP contribution in [-0.4, -0.2) is 62.4 Å². The Morgan fingerprint density at radius 2 is 1.74 bits per heavy atom. The number of para-hydroxylation sites is 2. The van der Waals surface area contributed by atoms with Gasteiger partial charge in [-0.2, -0.15) is 0 Å². The third kappa shape index (κ3) is 5.87. The van der Waals surface area contributed by atoms with Crippen LogP contribution >= 0.6 is 11.8 Å². The summed E-state index contributed by atoms with van der Waals surface area (Å²) in [5.41, 5.74) is 1.08. The van der Waals surface area contributed by atoms with Crippen molar-refractivity contribution in [3.05, 3.63) is 52.9 Å². The number of nitrogens with one attached hydrogen (secondary N) is 1. The largest absolute Gasteiger partial charge is 0.495 e. The third-order valence-electron chi connectivity index (χ3n) is 4.61. The van der Waals surface area contributed by atoms with Crippen molar-refractivity contribution < 1.29 is 38.1 Å². The number of ether oxygens (including phenoxy) is 4. The first kappa shape index (κ1) is 24.6. The fourth-order valence-electron chi connectivity index (χ4n) is 2.95. The highest BCUT2D eigenvalue weighted by Crippen LogP contribution is 2.34. The molecule has 10 nitrogen and oxygen atoms in total. The number of hydrogen-bond donors (Lipinski definition) is 1. The summed E-state index contributed by atoms with van der Waals surface area (Å²) < 4.78 is 20.6. The molecular formula is C23H22N2O8S. The quantitative estimate of drug-likeness (QED) is 0.421. The van der Waals surface area contributed by atoms with E-state index in [1.807, 2.05) is 0 Å². The second-order valence-electron chi connectivity index (χ2n) is 6.79. The molecule has 0 unspecified atom stereocenters. The van der Waals surface area contributed by atoms with E-state index in [0.717, 1.165) is 16.7 Å². The fraction of sp³-hybridized carbons (Fsp3) is 0.217. The molecule has 3 amide bonds. The van der Waals surface area contributed by atoms with Gasteiger partial charge in [-0.3, -0.25) is 24.1 Å². The predicted octanol–water partition coefficient (Wildman–Crippen LogP) is 2.93. The fourth-order valence-corrected chi connectivity index (χ4v) is 3.79. The monoisotopic (exact) mass is 486 g/mol. The highest BCUT2D eigenvalue weighted by molar-refractivity contribution is 8.18. The number of methoxy groups -OCH3 is 3. The van der Waals surface area contributed by atoms with E-state index >= 15 is 0 Å². The Balaban J connectivity index is 1.67. The van der Waals surface area contributed by atoms with E-state index in [-0.39, 0.29) is 11.5 Å². The summed E-state index contributed by atoms with van der Waals surface area (Å²) in [6.45, 7) is -0.730.